The standard InChI is InChI=1S/C24H40AsO/c1-25(2,3)23-21-19-17-15-13-11-9-7-5-4-6-8-10-12-14-16-18-20-22-24-26/h4,6-7,9-10,12-13,15-16,18-19,21,26H,5,8,11,14,17,20,22-24H2,1-3H3/q+1/b6-4-,9-7-,12-10-,15-13-,18-16-,21-19-. The second-order valence-corrected chi connectivity index (χ2v) is 17.7. The summed E-state index contributed by atoms with van der Waals surface area (Å²) in [6, 6.07) is 0. The molecule has 0 amide bonds. The van der Waals surface area contributed by atoms with E-state index < -0.39 is 13.6 Å². The van der Waals surface area contributed by atoms with E-state index in [0.717, 1.165) is 44.9 Å². The van der Waals surface area contributed by atoms with Crippen molar-refractivity contribution in [1.29, 1.82) is 0 Å². The number of allylic oxidation sites excluding steroid dienone is 12. The molecule has 0 atom stereocenters. The fraction of sp³-hybridized carbons (Fsp3) is 0.500. The molecule has 0 spiro atoms. The van der Waals surface area contributed by atoms with Gasteiger partial charge in [0.2, 0.25) is 0 Å². The van der Waals surface area contributed by atoms with Crippen molar-refractivity contribution in [3.63, 3.8) is 0 Å². The van der Waals surface area contributed by atoms with E-state index in [1.807, 2.05) is 0 Å². The summed E-state index contributed by atoms with van der Waals surface area (Å²) >= 11 is -1.22. The van der Waals surface area contributed by atoms with E-state index in [0.29, 0.717) is 0 Å². The van der Waals surface area contributed by atoms with Crippen LogP contribution in [0.2, 0.25) is 22.3 Å². The van der Waals surface area contributed by atoms with E-state index in [9.17, 15) is 0 Å². The van der Waals surface area contributed by atoms with Gasteiger partial charge < -0.3 is 5.11 Å². The van der Waals surface area contributed by atoms with Gasteiger partial charge in [0.25, 0.3) is 0 Å². The SMILES string of the molecule is C[As+](C)(C)C/C=C\C/C=C\C/C=C\C/C=C\C/C=C\C/C=C\CCCO. The zero-order valence-corrected chi connectivity index (χ0v) is 19.1. The van der Waals surface area contributed by atoms with E-state index in [-0.39, 0.29) is 6.61 Å². The molecule has 0 aliphatic rings. The molecule has 0 aromatic carbocycles. The Labute approximate surface area is 165 Å². The van der Waals surface area contributed by atoms with E-state index in [1.54, 1.807) is 0 Å². The Morgan fingerprint density at radius 3 is 1.23 bits per heavy atom. The van der Waals surface area contributed by atoms with E-state index in [2.05, 4.69) is 90.0 Å². The molecular weight excluding hydrogens is 379 g/mol. The van der Waals surface area contributed by atoms with Crippen LogP contribution in [0.4, 0.5) is 0 Å². The van der Waals surface area contributed by atoms with Crippen LogP contribution in [0.5, 0.6) is 0 Å². The van der Waals surface area contributed by atoms with Crippen LogP contribution < -0.4 is 0 Å². The van der Waals surface area contributed by atoms with Gasteiger partial charge >= 0.3 is 104 Å². The Balaban J connectivity index is 3.55. The maximum absolute atomic E-state index is 8.67. The normalized spacial score (nSPS) is 13.8. The van der Waals surface area contributed by atoms with Crippen molar-refractivity contribution < 1.29 is 5.11 Å². The first-order chi connectivity index (χ1) is 12.6. The quantitative estimate of drug-likeness (QED) is 0.167. The van der Waals surface area contributed by atoms with E-state index >= 15 is 0 Å². The zero-order valence-electron chi connectivity index (χ0n) is 17.2. The van der Waals surface area contributed by atoms with Gasteiger partial charge in [-0.1, -0.05) is 24.3 Å². The van der Waals surface area contributed by atoms with Gasteiger partial charge in [-0.15, -0.1) is 0 Å². The Bertz CT molecular complexity index is 473. The molecule has 0 bridgehead atoms. The van der Waals surface area contributed by atoms with E-state index in [4.69, 9.17) is 5.11 Å². The van der Waals surface area contributed by atoms with Crippen molar-refractivity contribution in [1.82, 2.24) is 0 Å². The number of unbranched alkanes of at least 4 members (excludes halogenated alkanes) is 1. The van der Waals surface area contributed by atoms with Crippen molar-refractivity contribution in [2.24, 2.45) is 0 Å². The fourth-order valence-electron chi connectivity index (χ4n) is 2.07. The van der Waals surface area contributed by atoms with Crippen LogP contribution in [0.1, 0.15) is 44.9 Å². The van der Waals surface area contributed by atoms with Gasteiger partial charge in [-0.25, -0.2) is 0 Å². The Kier molecular flexibility index (Phi) is 18.0. The summed E-state index contributed by atoms with van der Waals surface area (Å²) in [6.45, 7) is 0.284. The molecule has 1 nitrogen and oxygen atoms in total. The van der Waals surface area contributed by atoms with Crippen molar-refractivity contribution in [2.45, 2.75) is 67.3 Å². The van der Waals surface area contributed by atoms with Crippen molar-refractivity contribution in [2.75, 3.05) is 6.61 Å². The number of aliphatic hydroxyl groups is 1. The first kappa shape index (κ1) is 25.0. The molecule has 0 aliphatic heterocycles. The van der Waals surface area contributed by atoms with Gasteiger partial charge in [0, 0.05) is 6.61 Å². The van der Waals surface area contributed by atoms with Gasteiger partial charge in [-0.05, 0) is 25.7 Å². The molecule has 0 unspecified atom stereocenters. The molecule has 0 fully saturated rings. The van der Waals surface area contributed by atoms with Crippen LogP contribution in [0.25, 0.3) is 0 Å². The van der Waals surface area contributed by atoms with Crippen LogP contribution in [0.15, 0.2) is 72.9 Å². The van der Waals surface area contributed by atoms with Gasteiger partial charge in [0.15, 0.2) is 0 Å². The molecule has 2 heteroatoms. The topological polar surface area (TPSA) is 20.2 Å². The van der Waals surface area contributed by atoms with Gasteiger partial charge in [-0.3, -0.25) is 0 Å². The second kappa shape index (κ2) is 18.7. The zero-order chi connectivity index (χ0) is 19.3. The number of hydrogen-bond donors (Lipinski definition) is 1. The summed E-state index contributed by atoms with van der Waals surface area (Å²) in [5, 5.41) is 9.98. The summed E-state index contributed by atoms with van der Waals surface area (Å²) in [6.07, 6.45) is 33.7. The summed E-state index contributed by atoms with van der Waals surface area (Å²) < 4.78 is 0. The predicted molar refractivity (Wildman–Crippen MR) is 122 cm³/mol. The van der Waals surface area contributed by atoms with Crippen LogP contribution in [0, 0.1) is 0 Å². The molecular formula is C24H40AsO+. The van der Waals surface area contributed by atoms with Gasteiger partial charge in [0.1, 0.15) is 0 Å². The summed E-state index contributed by atoms with van der Waals surface area (Å²) in [5.41, 5.74) is 7.32. The summed E-state index contributed by atoms with van der Waals surface area (Å²) in [7, 11) is 0. The van der Waals surface area contributed by atoms with Gasteiger partial charge in [-0.2, -0.15) is 0 Å². The summed E-state index contributed by atoms with van der Waals surface area (Å²) in [5.74, 6) is 0. The number of hydrogen-bond acceptors (Lipinski definition) is 1. The average Bonchev–Trinajstić information content (AvgIpc) is 2.59. The number of aliphatic hydroxyl groups excluding tert-OH is 1. The molecule has 26 heavy (non-hydrogen) atoms. The molecule has 0 saturated carbocycles. The Morgan fingerprint density at radius 2 is 0.885 bits per heavy atom. The molecule has 0 aromatic rings. The number of rotatable bonds is 15. The van der Waals surface area contributed by atoms with Crippen molar-refractivity contribution in [3.05, 3.63) is 72.9 Å². The third kappa shape index (κ3) is 23.0. The van der Waals surface area contributed by atoms with Crippen molar-refractivity contribution in [3.8, 4) is 0 Å². The van der Waals surface area contributed by atoms with Gasteiger partial charge in [0.05, 0.1) is 0 Å². The van der Waals surface area contributed by atoms with Crippen LogP contribution >= 0.6 is 0 Å². The fourth-order valence-corrected chi connectivity index (χ4v) is 3.71. The average molecular weight is 420 g/mol. The third-order valence-corrected chi connectivity index (χ3v) is 6.28. The Hall–Kier alpha value is -1.04. The maximum atomic E-state index is 8.67. The first-order valence-electron chi connectivity index (χ1n) is 9.87. The molecule has 0 aliphatic carbocycles. The monoisotopic (exact) mass is 419 g/mol. The molecule has 0 aromatic heterocycles. The minimum Gasteiger partial charge on any atom is -0.396 e. The van der Waals surface area contributed by atoms with Crippen LogP contribution in [-0.4, -0.2) is 25.3 Å². The smallest absolute Gasteiger partial charge is 0.396 e. The molecule has 146 valence electrons. The van der Waals surface area contributed by atoms with Crippen LogP contribution in [0.3, 0.4) is 0 Å². The second-order valence-electron chi connectivity index (χ2n) is 7.35. The molecule has 1 N–H and O–H groups in total. The minimum atomic E-state index is -1.22. The van der Waals surface area contributed by atoms with Crippen molar-refractivity contribution >= 4 is 13.6 Å². The molecule has 0 rings (SSSR count). The van der Waals surface area contributed by atoms with Crippen LogP contribution in [-0.2, 0) is 0 Å². The predicted octanol–water partition coefficient (Wildman–Crippen LogP) is 7.38. The minimum absolute atomic E-state index is 0.284. The van der Waals surface area contributed by atoms with E-state index in [1.165, 1.54) is 5.21 Å². The molecule has 0 radical (unpaired) electrons. The molecule has 0 heterocycles. The Morgan fingerprint density at radius 1 is 0.538 bits per heavy atom. The summed E-state index contributed by atoms with van der Waals surface area (Å²) in [4.78, 5) is 0. The first-order valence-corrected chi connectivity index (χ1v) is 16.8. The molecule has 0 saturated heterocycles. The third-order valence-electron chi connectivity index (χ3n) is 3.54.